The van der Waals surface area contributed by atoms with Gasteiger partial charge in [0.2, 0.25) is 0 Å². The van der Waals surface area contributed by atoms with Crippen molar-refractivity contribution in [3.63, 3.8) is 0 Å². The number of aliphatic hydroxyl groups is 1. The molecule has 0 spiro atoms. The molecule has 1 amide bonds. The second kappa shape index (κ2) is 7.83. The summed E-state index contributed by atoms with van der Waals surface area (Å²) in [6.07, 6.45) is -1.36. The zero-order valence-corrected chi connectivity index (χ0v) is 13.8. The lowest BCUT2D eigenvalue weighted by atomic mass is 10.1. The fraction of sp³-hybridized carbons (Fsp3) is 0.588. The highest BCUT2D eigenvalue weighted by molar-refractivity contribution is 5.81. The largest absolute Gasteiger partial charge is 0.486 e. The number of rotatable bonds is 5. The number of carbonyl (C=O) groups is 1. The van der Waals surface area contributed by atoms with Crippen LogP contribution in [0.2, 0.25) is 0 Å². The first kappa shape index (κ1) is 17.0. The van der Waals surface area contributed by atoms with Crippen molar-refractivity contribution in [1.82, 2.24) is 10.2 Å². The average Bonchev–Trinajstić information content (AvgIpc) is 2.62. The molecular weight excluding hydrogens is 312 g/mol. The van der Waals surface area contributed by atoms with Crippen LogP contribution in [-0.4, -0.2) is 73.6 Å². The topological polar surface area (TPSA) is 80.3 Å². The number of ether oxygens (including phenoxy) is 3. The highest BCUT2D eigenvalue weighted by atomic mass is 16.6. The highest BCUT2D eigenvalue weighted by Crippen LogP contribution is 2.31. The predicted octanol–water partition coefficient (Wildman–Crippen LogP) is 0.0242. The Kier molecular flexibility index (Phi) is 5.55. The number of aliphatic hydroxyl groups excluding tert-OH is 1. The molecule has 0 aromatic heterocycles. The standard InChI is InChI=1S/C17H24N2O5/c1-12(16-11-23-14-4-2-3-5-15(14)24-16)18-17(21)13(20)10-19-6-8-22-9-7-19/h2-5,12-13,16,20H,6-11H2,1H3,(H,18,21)/t12-,13+,16+/m0/s1. The van der Waals surface area contributed by atoms with Crippen molar-refractivity contribution in [3.8, 4) is 11.5 Å². The summed E-state index contributed by atoms with van der Waals surface area (Å²) in [7, 11) is 0. The number of nitrogens with zero attached hydrogens (tertiary/aromatic N) is 1. The summed E-state index contributed by atoms with van der Waals surface area (Å²) >= 11 is 0. The fourth-order valence-electron chi connectivity index (χ4n) is 2.81. The van der Waals surface area contributed by atoms with Gasteiger partial charge in [-0.25, -0.2) is 0 Å². The van der Waals surface area contributed by atoms with E-state index in [1.807, 2.05) is 36.1 Å². The minimum atomic E-state index is -1.07. The maximum absolute atomic E-state index is 12.2. The molecule has 2 N–H and O–H groups in total. The Morgan fingerprint density at radius 1 is 1.33 bits per heavy atom. The van der Waals surface area contributed by atoms with E-state index in [0.717, 1.165) is 13.1 Å². The molecule has 132 valence electrons. The molecule has 0 radical (unpaired) electrons. The van der Waals surface area contributed by atoms with Crippen LogP contribution in [0.3, 0.4) is 0 Å². The molecule has 2 heterocycles. The number of β-amino-alcohol motifs (C(OH)–C–C–N with tert-alkyl or cyclic N) is 1. The summed E-state index contributed by atoms with van der Waals surface area (Å²) < 4.78 is 16.8. The summed E-state index contributed by atoms with van der Waals surface area (Å²) in [5.74, 6) is 0.986. The molecule has 2 aliphatic rings. The Bertz CT molecular complexity index is 562. The van der Waals surface area contributed by atoms with Crippen molar-refractivity contribution >= 4 is 5.91 Å². The molecule has 7 heteroatoms. The van der Waals surface area contributed by atoms with E-state index in [0.29, 0.717) is 37.9 Å². The Morgan fingerprint density at radius 3 is 2.79 bits per heavy atom. The van der Waals surface area contributed by atoms with Gasteiger partial charge in [0.15, 0.2) is 17.6 Å². The Balaban J connectivity index is 1.49. The van der Waals surface area contributed by atoms with E-state index in [2.05, 4.69) is 5.32 Å². The van der Waals surface area contributed by atoms with Crippen LogP contribution in [0, 0.1) is 0 Å². The molecule has 0 unspecified atom stereocenters. The molecule has 1 saturated heterocycles. The van der Waals surface area contributed by atoms with Crippen LogP contribution in [0.4, 0.5) is 0 Å². The molecule has 0 aliphatic carbocycles. The van der Waals surface area contributed by atoms with Gasteiger partial charge in [-0.3, -0.25) is 9.69 Å². The molecule has 0 saturated carbocycles. The predicted molar refractivity (Wildman–Crippen MR) is 87.2 cm³/mol. The van der Waals surface area contributed by atoms with Crippen LogP contribution < -0.4 is 14.8 Å². The SMILES string of the molecule is C[C@H](NC(=O)[C@H](O)CN1CCOCC1)[C@H]1COc2ccccc2O1. The third-order valence-electron chi connectivity index (χ3n) is 4.30. The van der Waals surface area contributed by atoms with Crippen LogP contribution in [0.25, 0.3) is 0 Å². The number of hydrogen-bond donors (Lipinski definition) is 2. The maximum Gasteiger partial charge on any atom is 0.250 e. The minimum absolute atomic E-state index is 0.273. The number of amides is 1. The fourth-order valence-corrected chi connectivity index (χ4v) is 2.81. The van der Waals surface area contributed by atoms with E-state index < -0.39 is 12.0 Å². The summed E-state index contributed by atoms with van der Waals surface area (Å²) in [6.45, 7) is 5.26. The highest BCUT2D eigenvalue weighted by Gasteiger charge is 2.29. The molecule has 1 aromatic rings. The van der Waals surface area contributed by atoms with E-state index in [9.17, 15) is 9.90 Å². The molecule has 24 heavy (non-hydrogen) atoms. The summed E-state index contributed by atoms with van der Waals surface area (Å²) in [6, 6.07) is 7.17. The van der Waals surface area contributed by atoms with Gasteiger partial charge >= 0.3 is 0 Å². The van der Waals surface area contributed by atoms with Crippen molar-refractivity contribution in [1.29, 1.82) is 0 Å². The number of nitrogens with one attached hydrogen (secondary N) is 1. The Hall–Kier alpha value is -1.83. The lowest BCUT2D eigenvalue weighted by Crippen LogP contribution is -2.53. The van der Waals surface area contributed by atoms with Crippen LogP contribution in [0.15, 0.2) is 24.3 Å². The Morgan fingerprint density at radius 2 is 2.04 bits per heavy atom. The molecule has 1 aromatic carbocycles. The van der Waals surface area contributed by atoms with E-state index in [4.69, 9.17) is 14.2 Å². The maximum atomic E-state index is 12.2. The van der Waals surface area contributed by atoms with Crippen LogP contribution in [-0.2, 0) is 9.53 Å². The van der Waals surface area contributed by atoms with Gasteiger partial charge in [0.25, 0.3) is 5.91 Å². The van der Waals surface area contributed by atoms with Crippen LogP contribution >= 0.6 is 0 Å². The van der Waals surface area contributed by atoms with Crippen molar-refractivity contribution in [3.05, 3.63) is 24.3 Å². The van der Waals surface area contributed by atoms with Crippen molar-refractivity contribution in [2.75, 3.05) is 39.5 Å². The monoisotopic (exact) mass is 336 g/mol. The van der Waals surface area contributed by atoms with Gasteiger partial charge in [-0.1, -0.05) is 12.1 Å². The quantitative estimate of drug-likeness (QED) is 0.789. The van der Waals surface area contributed by atoms with Crippen molar-refractivity contribution in [2.24, 2.45) is 0 Å². The number of morpholine rings is 1. The lowest BCUT2D eigenvalue weighted by molar-refractivity contribution is -0.132. The molecule has 2 aliphatic heterocycles. The van der Waals surface area contributed by atoms with Gasteiger partial charge in [0.05, 0.1) is 19.3 Å². The number of carbonyl (C=O) groups excluding carboxylic acids is 1. The second-order valence-electron chi connectivity index (χ2n) is 6.14. The smallest absolute Gasteiger partial charge is 0.250 e. The van der Waals surface area contributed by atoms with Gasteiger partial charge in [0.1, 0.15) is 12.7 Å². The summed E-state index contributed by atoms with van der Waals surface area (Å²) in [5, 5.41) is 12.9. The molecular formula is C17H24N2O5. The molecule has 0 bridgehead atoms. The van der Waals surface area contributed by atoms with E-state index >= 15 is 0 Å². The second-order valence-corrected chi connectivity index (χ2v) is 6.14. The summed E-state index contributed by atoms with van der Waals surface area (Å²) in [5.41, 5.74) is 0. The van der Waals surface area contributed by atoms with Crippen molar-refractivity contribution < 1.29 is 24.1 Å². The molecule has 7 nitrogen and oxygen atoms in total. The van der Waals surface area contributed by atoms with Gasteiger partial charge in [-0.2, -0.15) is 0 Å². The summed E-state index contributed by atoms with van der Waals surface area (Å²) in [4.78, 5) is 14.2. The first-order valence-corrected chi connectivity index (χ1v) is 8.30. The number of hydrogen-bond acceptors (Lipinski definition) is 6. The number of fused-ring (bicyclic) bond motifs is 1. The average molecular weight is 336 g/mol. The zero-order valence-electron chi connectivity index (χ0n) is 13.8. The number of benzene rings is 1. The van der Waals surface area contributed by atoms with E-state index in [1.165, 1.54) is 0 Å². The third-order valence-corrected chi connectivity index (χ3v) is 4.30. The van der Waals surface area contributed by atoms with Crippen LogP contribution in [0.1, 0.15) is 6.92 Å². The number of para-hydroxylation sites is 2. The third kappa shape index (κ3) is 4.17. The van der Waals surface area contributed by atoms with Crippen LogP contribution in [0.5, 0.6) is 11.5 Å². The van der Waals surface area contributed by atoms with Crippen molar-refractivity contribution in [2.45, 2.75) is 25.2 Å². The zero-order chi connectivity index (χ0) is 16.9. The molecule has 1 fully saturated rings. The van der Waals surface area contributed by atoms with Gasteiger partial charge in [0, 0.05) is 19.6 Å². The molecule has 3 atom stereocenters. The van der Waals surface area contributed by atoms with E-state index in [1.54, 1.807) is 0 Å². The first-order valence-electron chi connectivity index (χ1n) is 8.30. The van der Waals surface area contributed by atoms with Gasteiger partial charge < -0.3 is 24.6 Å². The minimum Gasteiger partial charge on any atom is -0.486 e. The lowest BCUT2D eigenvalue weighted by Gasteiger charge is -2.32. The van der Waals surface area contributed by atoms with Gasteiger partial charge in [-0.05, 0) is 19.1 Å². The van der Waals surface area contributed by atoms with E-state index in [-0.39, 0.29) is 12.1 Å². The molecule has 3 rings (SSSR count). The normalized spacial score (nSPS) is 23.3. The Labute approximate surface area is 141 Å². The first-order chi connectivity index (χ1) is 11.6. The van der Waals surface area contributed by atoms with Gasteiger partial charge in [-0.15, -0.1) is 0 Å².